The Morgan fingerprint density at radius 3 is 2.71 bits per heavy atom. The van der Waals surface area contributed by atoms with E-state index in [-0.39, 0.29) is 11.8 Å². The highest BCUT2D eigenvalue weighted by Crippen LogP contribution is 2.33. The summed E-state index contributed by atoms with van der Waals surface area (Å²) in [5.74, 6) is -0.424. The molecule has 6 nitrogen and oxygen atoms in total. The quantitative estimate of drug-likeness (QED) is 0.693. The van der Waals surface area contributed by atoms with Gasteiger partial charge in [0.2, 0.25) is 0 Å². The zero-order chi connectivity index (χ0) is 16.5. The molecule has 6 heteroatoms. The van der Waals surface area contributed by atoms with Crippen LogP contribution in [0, 0.1) is 0 Å². The highest BCUT2D eigenvalue weighted by Gasteiger charge is 2.27. The summed E-state index contributed by atoms with van der Waals surface area (Å²) in [6.07, 6.45) is 3.49. The normalized spacial score (nSPS) is 12.6. The highest BCUT2D eigenvalue weighted by atomic mass is 16.2. The van der Waals surface area contributed by atoms with Crippen LogP contribution in [0.15, 0.2) is 54.9 Å². The molecule has 0 atom stereocenters. The monoisotopic (exact) mass is 318 g/mol. The molecular weight excluding hydrogens is 304 g/mol. The summed E-state index contributed by atoms with van der Waals surface area (Å²) in [4.78, 5) is 24.6. The lowest BCUT2D eigenvalue weighted by molar-refractivity contribution is 0.0966. The maximum Gasteiger partial charge on any atom is 0.255 e. The van der Waals surface area contributed by atoms with Crippen molar-refractivity contribution in [2.45, 2.75) is 6.54 Å². The smallest absolute Gasteiger partial charge is 0.255 e. The van der Waals surface area contributed by atoms with Gasteiger partial charge in [-0.15, -0.1) is 0 Å². The van der Waals surface area contributed by atoms with E-state index < -0.39 is 0 Å². The van der Waals surface area contributed by atoms with Crippen molar-refractivity contribution < 1.29 is 9.59 Å². The standard InChI is InChI=1S/C18H14N4O2/c23-17(11-4-2-1-3-5-11)22-15-7-6-13(12-8-20-21-9-12)14-10-19-18(24)16(14)15/h1-9H,10H2,(H,19,24)(H,20,21)(H,22,23). The van der Waals surface area contributed by atoms with Gasteiger partial charge in [-0.1, -0.05) is 24.3 Å². The second-order valence-electron chi connectivity index (χ2n) is 5.50. The number of aromatic amines is 1. The van der Waals surface area contributed by atoms with Gasteiger partial charge in [0.15, 0.2) is 0 Å². The Balaban J connectivity index is 1.74. The molecule has 3 aromatic rings. The van der Waals surface area contributed by atoms with Crippen LogP contribution in [0.2, 0.25) is 0 Å². The second kappa shape index (κ2) is 5.66. The summed E-state index contributed by atoms with van der Waals surface area (Å²) in [7, 11) is 0. The number of carbonyl (C=O) groups is 2. The van der Waals surface area contributed by atoms with Crippen molar-refractivity contribution in [3.05, 3.63) is 71.5 Å². The van der Waals surface area contributed by atoms with Crippen molar-refractivity contribution in [1.82, 2.24) is 15.5 Å². The first-order valence-electron chi connectivity index (χ1n) is 7.53. The number of fused-ring (bicyclic) bond motifs is 1. The predicted molar refractivity (Wildman–Crippen MR) is 89.6 cm³/mol. The molecule has 0 fully saturated rings. The van der Waals surface area contributed by atoms with E-state index in [1.54, 1.807) is 42.7 Å². The number of hydrogen-bond acceptors (Lipinski definition) is 3. The number of nitrogens with zero attached hydrogens (tertiary/aromatic N) is 1. The minimum Gasteiger partial charge on any atom is -0.348 e. The number of nitrogens with one attached hydrogen (secondary N) is 3. The van der Waals surface area contributed by atoms with Gasteiger partial charge in [-0.05, 0) is 29.3 Å². The number of hydrogen-bond donors (Lipinski definition) is 3. The number of anilines is 1. The molecule has 2 amide bonds. The molecule has 1 aromatic heterocycles. The zero-order valence-corrected chi connectivity index (χ0v) is 12.7. The van der Waals surface area contributed by atoms with Crippen LogP contribution in [0.1, 0.15) is 26.3 Å². The molecule has 1 aliphatic rings. The van der Waals surface area contributed by atoms with Gasteiger partial charge >= 0.3 is 0 Å². The third-order valence-corrected chi connectivity index (χ3v) is 4.06. The Labute approximate surface area is 137 Å². The van der Waals surface area contributed by atoms with Crippen LogP contribution in [-0.4, -0.2) is 22.0 Å². The van der Waals surface area contributed by atoms with Crippen LogP contribution in [0.5, 0.6) is 0 Å². The molecule has 0 bridgehead atoms. The third-order valence-electron chi connectivity index (χ3n) is 4.06. The fraction of sp³-hybridized carbons (Fsp3) is 0.0556. The molecule has 2 heterocycles. The van der Waals surface area contributed by atoms with E-state index in [4.69, 9.17) is 0 Å². The van der Waals surface area contributed by atoms with Crippen molar-refractivity contribution in [3.63, 3.8) is 0 Å². The fourth-order valence-corrected chi connectivity index (χ4v) is 2.90. The minimum absolute atomic E-state index is 0.182. The molecule has 3 N–H and O–H groups in total. The van der Waals surface area contributed by atoms with E-state index in [0.717, 1.165) is 16.7 Å². The van der Waals surface area contributed by atoms with Crippen molar-refractivity contribution in [2.24, 2.45) is 0 Å². The van der Waals surface area contributed by atoms with Crippen LogP contribution in [0.4, 0.5) is 5.69 Å². The van der Waals surface area contributed by atoms with Gasteiger partial charge < -0.3 is 10.6 Å². The maximum absolute atomic E-state index is 12.4. The molecule has 118 valence electrons. The predicted octanol–water partition coefficient (Wildman–Crippen LogP) is 2.57. The van der Waals surface area contributed by atoms with Crippen LogP contribution in [-0.2, 0) is 6.54 Å². The van der Waals surface area contributed by atoms with Gasteiger partial charge in [0.05, 0.1) is 17.4 Å². The minimum atomic E-state index is -0.242. The van der Waals surface area contributed by atoms with E-state index in [1.807, 2.05) is 12.1 Å². The van der Waals surface area contributed by atoms with Gasteiger partial charge in [-0.3, -0.25) is 14.7 Å². The van der Waals surface area contributed by atoms with E-state index in [2.05, 4.69) is 20.8 Å². The van der Waals surface area contributed by atoms with Crippen molar-refractivity contribution in [2.75, 3.05) is 5.32 Å². The summed E-state index contributed by atoms with van der Waals surface area (Å²) in [6.45, 7) is 0.434. The lowest BCUT2D eigenvalue weighted by atomic mass is 9.97. The van der Waals surface area contributed by atoms with Gasteiger partial charge in [-0.2, -0.15) is 5.10 Å². The Morgan fingerprint density at radius 1 is 1.12 bits per heavy atom. The van der Waals surface area contributed by atoms with Gasteiger partial charge in [0.1, 0.15) is 0 Å². The maximum atomic E-state index is 12.4. The molecular formula is C18H14N4O2. The van der Waals surface area contributed by atoms with E-state index >= 15 is 0 Å². The first-order chi connectivity index (χ1) is 11.7. The van der Waals surface area contributed by atoms with Crippen LogP contribution in [0.3, 0.4) is 0 Å². The first kappa shape index (κ1) is 14.2. The fourth-order valence-electron chi connectivity index (χ4n) is 2.90. The first-order valence-corrected chi connectivity index (χ1v) is 7.53. The van der Waals surface area contributed by atoms with Crippen molar-refractivity contribution in [1.29, 1.82) is 0 Å². The number of aromatic nitrogens is 2. The molecule has 0 saturated heterocycles. The van der Waals surface area contributed by atoms with Gasteiger partial charge in [0, 0.05) is 23.9 Å². The molecule has 0 spiro atoms. The number of benzene rings is 2. The van der Waals surface area contributed by atoms with Gasteiger partial charge in [0.25, 0.3) is 11.8 Å². The van der Waals surface area contributed by atoms with E-state index in [9.17, 15) is 9.59 Å². The molecule has 0 unspecified atom stereocenters. The molecule has 0 aliphatic carbocycles. The average molecular weight is 318 g/mol. The zero-order valence-electron chi connectivity index (χ0n) is 12.7. The highest BCUT2D eigenvalue weighted by molar-refractivity contribution is 6.11. The van der Waals surface area contributed by atoms with Gasteiger partial charge in [-0.25, -0.2) is 0 Å². The summed E-state index contributed by atoms with van der Waals surface area (Å²) >= 11 is 0. The van der Waals surface area contributed by atoms with Crippen molar-refractivity contribution in [3.8, 4) is 11.1 Å². The molecule has 0 saturated carbocycles. The number of carbonyl (C=O) groups excluding carboxylic acids is 2. The number of rotatable bonds is 3. The Kier molecular flexibility index (Phi) is 3.35. The summed E-state index contributed by atoms with van der Waals surface area (Å²) < 4.78 is 0. The molecule has 24 heavy (non-hydrogen) atoms. The average Bonchev–Trinajstić information content (AvgIpc) is 3.27. The molecule has 0 radical (unpaired) electrons. The number of amides is 2. The van der Waals surface area contributed by atoms with Crippen LogP contribution < -0.4 is 10.6 Å². The third kappa shape index (κ3) is 2.34. The Morgan fingerprint density at radius 2 is 1.96 bits per heavy atom. The Bertz CT molecular complexity index is 918. The van der Waals surface area contributed by atoms with Crippen LogP contribution >= 0.6 is 0 Å². The molecule has 2 aromatic carbocycles. The largest absolute Gasteiger partial charge is 0.348 e. The SMILES string of the molecule is O=C(Nc1ccc(-c2cn[nH]c2)c2c1C(=O)NC2)c1ccccc1. The Hall–Kier alpha value is -3.41. The summed E-state index contributed by atoms with van der Waals surface area (Å²) in [5, 5.41) is 12.4. The lowest BCUT2D eigenvalue weighted by Crippen LogP contribution is -2.17. The summed E-state index contributed by atoms with van der Waals surface area (Å²) in [6, 6.07) is 12.6. The van der Waals surface area contributed by atoms with Crippen molar-refractivity contribution >= 4 is 17.5 Å². The van der Waals surface area contributed by atoms with E-state index in [0.29, 0.717) is 23.4 Å². The molecule has 1 aliphatic heterocycles. The lowest BCUT2D eigenvalue weighted by Gasteiger charge is -2.11. The summed E-state index contributed by atoms with van der Waals surface area (Å²) in [5.41, 5.74) is 4.27. The van der Waals surface area contributed by atoms with Crippen LogP contribution in [0.25, 0.3) is 11.1 Å². The molecule has 4 rings (SSSR count). The number of H-pyrrole nitrogens is 1. The topological polar surface area (TPSA) is 86.9 Å². The second-order valence-corrected chi connectivity index (χ2v) is 5.50. The van der Waals surface area contributed by atoms with E-state index in [1.165, 1.54) is 0 Å².